The second kappa shape index (κ2) is 11.7. The smallest absolute Gasteiger partial charge is 0.361 e. The van der Waals surface area contributed by atoms with Crippen LogP contribution in [0.5, 0.6) is 0 Å². The molecule has 2 aromatic carbocycles. The Bertz CT molecular complexity index is 1910. The summed E-state index contributed by atoms with van der Waals surface area (Å²) in [5.41, 5.74) is 4.54. The number of halogens is 4. The van der Waals surface area contributed by atoms with Crippen LogP contribution in [-0.4, -0.2) is 41.1 Å². The van der Waals surface area contributed by atoms with Gasteiger partial charge in [-0.25, -0.2) is 23.6 Å². The number of aromatic amines is 1. The van der Waals surface area contributed by atoms with Crippen LogP contribution in [0.4, 0.5) is 23.5 Å². The number of nitrogens with zero attached hydrogens (tertiary/aromatic N) is 5. The van der Waals surface area contributed by atoms with Crippen LogP contribution in [0.3, 0.4) is 0 Å². The Morgan fingerprint density at radius 2 is 1.76 bits per heavy atom. The number of H-pyrrole nitrogens is 1. The maximum absolute atomic E-state index is 16.4. The second-order valence-electron chi connectivity index (χ2n) is 10.7. The molecule has 3 N–H and O–H groups in total. The van der Waals surface area contributed by atoms with Crippen molar-refractivity contribution >= 4 is 24.7 Å². The predicted molar refractivity (Wildman–Crippen MR) is 158 cm³/mol. The molecule has 0 bridgehead atoms. The molecule has 45 heavy (non-hydrogen) atoms. The van der Waals surface area contributed by atoms with E-state index in [1.165, 1.54) is 6.07 Å². The van der Waals surface area contributed by atoms with Gasteiger partial charge in [0.2, 0.25) is 5.95 Å². The van der Waals surface area contributed by atoms with Gasteiger partial charge in [-0.3, -0.25) is 4.52 Å². The zero-order chi connectivity index (χ0) is 32.1. The summed E-state index contributed by atoms with van der Waals surface area (Å²) in [7, 11) is -4.83. The van der Waals surface area contributed by atoms with Gasteiger partial charge < -0.3 is 19.7 Å². The van der Waals surface area contributed by atoms with E-state index in [4.69, 9.17) is 5.10 Å². The van der Waals surface area contributed by atoms with Crippen LogP contribution in [0.15, 0.2) is 48.9 Å². The number of aryl methyl sites for hydroxylation is 2. The van der Waals surface area contributed by atoms with E-state index in [0.717, 1.165) is 29.2 Å². The molecular formula is C30H29F4N6O4P. The van der Waals surface area contributed by atoms with Gasteiger partial charge in [0.05, 0.1) is 34.8 Å². The number of hydrogen-bond donors (Lipinski definition) is 3. The number of para-hydroxylation sites is 1. The Kier molecular flexibility index (Phi) is 8.02. The minimum atomic E-state index is -4.83. The van der Waals surface area contributed by atoms with Crippen molar-refractivity contribution in [2.75, 3.05) is 11.4 Å². The minimum absolute atomic E-state index is 0.104. The van der Waals surface area contributed by atoms with E-state index >= 15 is 4.39 Å². The number of hydrogen-bond acceptors (Lipinski definition) is 6. The number of nitrogens with one attached hydrogen (secondary N) is 1. The summed E-state index contributed by atoms with van der Waals surface area (Å²) in [6.45, 7) is 4.04. The van der Waals surface area contributed by atoms with Crippen molar-refractivity contribution in [3.05, 3.63) is 88.3 Å². The summed E-state index contributed by atoms with van der Waals surface area (Å²) in [6, 6.07) is 8.80. The van der Waals surface area contributed by atoms with Crippen LogP contribution in [0, 0.1) is 5.82 Å². The van der Waals surface area contributed by atoms with E-state index in [2.05, 4.69) is 19.5 Å². The third kappa shape index (κ3) is 5.86. The number of phosphoric acid groups is 1. The van der Waals surface area contributed by atoms with Gasteiger partial charge in [-0.05, 0) is 36.1 Å². The zero-order valence-electron chi connectivity index (χ0n) is 24.3. The van der Waals surface area contributed by atoms with Gasteiger partial charge in [0, 0.05) is 60.2 Å². The van der Waals surface area contributed by atoms with E-state index in [0.29, 0.717) is 53.7 Å². The molecule has 0 aliphatic carbocycles. The lowest BCUT2D eigenvalue weighted by atomic mass is 9.95. The molecule has 4 heterocycles. The standard InChI is InChI=1S/C30H29F4N6O4P/c1-3-17-6-5-7-18(4-2)27(17)40-28(25-21-8-10-35-26(21)19(12-23(25)31)16-44-45(41,42)43)22-15-39(11-9-24(22)38-40)29-36-13-20(14-37-29)30(32,33)34/h5-8,10,12-14,35H,3-4,9,11,15-16H2,1-2H3,(H2,41,42,43). The summed E-state index contributed by atoms with van der Waals surface area (Å²) in [4.78, 5) is 31.2. The quantitative estimate of drug-likeness (QED) is 0.133. The Morgan fingerprint density at radius 1 is 1.07 bits per heavy atom. The second-order valence-corrected chi connectivity index (χ2v) is 11.9. The Balaban J connectivity index is 1.56. The van der Waals surface area contributed by atoms with Gasteiger partial charge in [-0.2, -0.15) is 18.3 Å². The summed E-state index contributed by atoms with van der Waals surface area (Å²) in [5.74, 6) is -0.557. The van der Waals surface area contributed by atoms with Gasteiger partial charge in [0.25, 0.3) is 0 Å². The van der Waals surface area contributed by atoms with Crippen molar-refractivity contribution < 1.29 is 36.4 Å². The minimum Gasteiger partial charge on any atom is -0.361 e. The number of phosphoric ester groups is 1. The van der Waals surface area contributed by atoms with Gasteiger partial charge in [0.15, 0.2) is 0 Å². The average molecular weight is 645 g/mol. The van der Waals surface area contributed by atoms with Crippen molar-refractivity contribution in [1.29, 1.82) is 0 Å². The molecule has 10 nitrogen and oxygen atoms in total. The zero-order valence-corrected chi connectivity index (χ0v) is 25.2. The maximum atomic E-state index is 16.4. The summed E-state index contributed by atoms with van der Waals surface area (Å²) < 4.78 is 73.8. The van der Waals surface area contributed by atoms with Crippen LogP contribution in [-0.2, 0) is 47.7 Å². The Hall–Kier alpha value is -4.10. The van der Waals surface area contributed by atoms with Crippen LogP contribution in [0.25, 0.3) is 27.8 Å². The van der Waals surface area contributed by atoms with Gasteiger partial charge in [0.1, 0.15) is 5.82 Å². The molecule has 6 rings (SSSR count). The Labute approximate surface area is 254 Å². The molecule has 0 unspecified atom stereocenters. The third-order valence-electron chi connectivity index (χ3n) is 7.96. The molecule has 0 atom stereocenters. The molecule has 0 amide bonds. The van der Waals surface area contributed by atoms with Crippen molar-refractivity contribution in [3.63, 3.8) is 0 Å². The van der Waals surface area contributed by atoms with E-state index in [-0.39, 0.29) is 23.6 Å². The lowest BCUT2D eigenvalue weighted by Gasteiger charge is -2.27. The first kappa shape index (κ1) is 30.9. The summed E-state index contributed by atoms with van der Waals surface area (Å²) >= 11 is 0. The summed E-state index contributed by atoms with van der Waals surface area (Å²) in [6.07, 6.45) is 0.276. The highest BCUT2D eigenvalue weighted by Crippen LogP contribution is 2.43. The lowest BCUT2D eigenvalue weighted by Crippen LogP contribution is -2.31. The summed E-state index contributed by atoms with van der Waals surface area (Å²) in [5, 5.41) is 5.45. The number of aromatic nitrogens is 5. The topological polar surface area (TPSA) is 129 Å². The number of alkyl halides is 3. The molecule has 0 fully saturated rings. The maximum Gasteiger partial charge on any atom is 0.469 e. The normalized spacial score (nSPS) is 13.9. The predicted octanol–water partition coefficient (Wildman–Crippen LogP) is 6.27. The Morgan fingerprint density at radius 3 is 2.38 bits per heavy atom. The third-order valence-corrected chi connectivity index (χ3v) is 8.43. The molecule has 15 heteroatoms. The first-order valence-electron chi connectivity index (χ1n) is 14.2. The van der Waals surface area contributed by atoms with Crippen LogP contribution in [0.2, 0.25) is 0 Å². The fourth-order valence-electron chi connectivity index (χ4n) is 5.86. The highest BCUT2D eigenvalue weighted by molar-refractivity contribution is 7.46. The van der Waals surface area contributed by atoms with Crippen molar-refractivity contribution in [1.82, 2.24) is 24.7 Å². The SMILES string of the molecule is CCc1cccc(CC)c1-n1nc2c(c1-c1c(F)cc(COP(=O)(O)O)c3[nH]ccc13)CN(c1ncc(C(F)(F)F)cn1)CC2. The van der Waals surface area contributed by atoms with E-state index < -0.39 is 32.0 Å². The van der Waals surface area contributed by atoms with Crippen molar-refractivity contribution in [2.45, 2.75) is 52.4 Å². The lowest BCUT2D eigenvalue weighted by molar-refractivity contribution is -0.138. The first-order chi connectivity index (χ1) is 21.4. The molecule has 0 saturated heterocycles. The number of rotatable bonds is 8. The molecule has 0 radical (unpaired) electrons. The molecular weight excluding hydrogens is 615 g/mol. The molecule has 0 saturated carbocycles. The van der Waals surface area contributed by atoms with Crippen LogP contribution < -0.4 is 4.90 Å². The number of fused-ring (bicyclic) bond motifs is 2. The fourth-order valence-corrected chi connectivity index (χ4v) is 6.17. The molecule has 3 aromatic heterocycles. The monoisotopic (exact) mass is 644 g/mol. The highest BCUT2D eigenvalue weighted by atomic mass is 31.2. The largest absolute Gasteiger partial charge is 0.469 e. The molecule has 1 aliphatic heterocycles. The molecule has 5 aromatic rings. The fraction of sp³-hybridized carbons (Fsp3) is 0.300. The first-order valence-corrected chi connectivity index (χ1v) is 15.8. The molecule has 0 spiro atoms. The van der Waals surface area contributed by atoms with Gasteiger partial charge in [-0.1, -0.05) is 32.0 Å². The van der Waals surface area contributed by atoms with Crippen LogP contribution >= 0.6 is 7.82 Å². The van der Waals surface area contributed by atoms with Gasteiger partial charge >= 0.3 is 14.0 Å². The van der Waals surface area contributed by atoms with E-state index in [9.17, 15) is 27.5 Å². The van der Waals surface area contributed by atoms with Crippen molar-refractivity contribution in [2.24, 2.45) is 0 Å². The molecule has 1 aliphatic rings. The van der Waals surface area contributed by atoms with Crippen LogP contribution in [0.1, 0.15) is 47.4 Å². The average Bonchev–Trinajstić information content (AvgIpc) is 3.64. The molecule has 236 valence electrons. The van der Waals surface area contributed by atoms with Crippen molar-refractivity contribution in [3.8, 4) is 16.9 Å². The number of anilines is 1. The van der Waals surface area contributed by atoms with E-state index in [1.54, 1.807) is 21.8 Å². The van der Waals surface area contributed by atoms with Gasteiger partial charge in [-0.15, -0.1) is 0 Å². The number of benzene rings is 2. The highest BCUT2D eigenvalue weighted by Gasteiger charge is 2.34. The van der Waals surface area contributed by atoms with E-state index in [1.807, 2.05) is 32.0 Å².